The van der Waals surface area contributed by atoms with Crippen molar-refractivity contribution in [2.75, 3.05) is 13.2 Å². The van der Waals surface area contributed by atoms with Crippen LogP contribution in [-0.2, 0) is 28.6 Å². The van der Waals surface area contributed by atoms with Gasteiger partial charge < -0.3 is 14.2 Å². The molecule has 0 spiro atoms. The average Bonchev–Trinajstić information content (AvgIpc) is 3.30. The van der Waals surface area contributed by atoms with Crippen molar-refractivity contribution < 1.29 is 28.6 Å². The van der Waals surface area contributed by atoms with Crippen LogP contribution in [0.4, 0.5) is 0 Å². The Morgan fingerprint density at radius 3 is 0.862 bits per heavy atom. The Morgan fingerprint density at radius 1 is 0.308 bits per heavy atom. The van der Waals surface area contributed by atoms with Crippen LogP contribution in [0.3, 0.4) is 0 Å². The highest BCUT2D eigenvalue weighted by Gasteiger charge is 2.19. The summed E-state index contributed by atoms with van der Waals surface area (Å²) in [5, 5.41) is 0. The van der Waals surface area contributed by atoms with Crippen LogP contribution in [0.2, 0.25) is 0 Å². The Labute approximate surface area is 397 Å². The third-order valence-electron chi connectivity index (χ3n) is 9.82. The quantitative estimate of drug-likeness (QED) is 0.0263. The number of unbranched alkanes of at least 4 members (excludes halogenated alkanes) is 8. The molecule has 1 unspecified atom stereocenters. The average molecular weight is 895 g/mol. The maximum atomic E-state index is 12.8. The van der Waals surface area contributed by atoms with Crippen LogP contribution >= 0.6 is 0 Å². The molecule has 0 aromatic heterocycles. The minimum absolute atomic E-state index is 0.127. The van der Waals surface area contributed by atoms with Crippen molar-refractivity contribution >= 4 is 17.9 Å². The van der Waals surface area contributed by atoms with Crippen LogP contribution in [0.1, 0.15) is 188 Å². The summed E-state index contributed by atoms with van der Waals surface area (Å²) in [5.41, 5.74) is 0. The van der Waals surface area contributed by atoms with Gasteiger partial charge in [-0.3, -0.25) is 14.4 Å². The molecule has 65 heavy (non-hydrogen) atoms. The van der Waals surface area contributed by atoms with E-state index in [9.17, 15) is 14.4 Å². The monoisotopic (exact) mass is 895 g/mol. The van der Waals surface area contributed by atoms with Crippen molar-refractivity contribution in [2.45, 2.75) is 194 Å². The number of carbonyl (C=O) groups excluding carboxylic acids is 3. The zero-order valence-corrected chi connectivity index (χ0v) is 41.2. The first kappa shape index (κ1) is 60.3. The normalized spacial score (nSPS) is 13.3. The molecular formula is C59H90O6. The summed E-state index contributed by atoms with van der Waals surface area (Å²) >= 11 is 0. The molecule has 0 saturated heterocycles. The highest BCUT2D eigenvalue weighted by atomic mass is 16.6. The van der Waals surface area contributed by atoms with Crippen molar-refractivity contribution in [1.29, 1.82) is 0 Å². The van der Waals surface area contributed by atoms with E-state index in [1.165, 1.54) is 0 Å². The van der Waals surface area contributed by atoms with Crippen LogP contribution in [0.15, 0.2) is 146 Å². The third-order valence-corrected chi connectivity index (χ3v) is 9.82. The standard InChI is InChI=1S/C59H90O6/c1-4-7-10-13-16-19-22-25-27-28-29-30-32-34-37-40-43-46-49-52-58(61)64-55-56(54-63-57(60)51-48-45-42-39-36-33-24-21-18-15-12-9-6-3)65-59(62)53-50-47-44-41-38-35-31-26-23-20-17-14-11-8-5-2/h7-12,16-21,25-27,29-31,33-34,36-38,41,56H,4-6,13-15,22-24,28,32,35,39-40,42-55H2,1-3H3/b10-7-,11-8-,12-9-,19-16-,20-17-,21-18-,27-25-,30-29-,31-26-,36-33-,37-34-,41-38-. The van der Waals surface area contributed by atoms with Crippen LogP contribution in [0.5, 0.6) is 0 Å². The number of rotatable bonds is 43. The molecule has 1 atom stereocenters. The molecule has 0 radical (unpaired) electrons. The molecule has 0 aromatic rings. The van der Waals surface area contributed by atoms with E-state index >= 15 is 0 Å². The summed E-state index contributed by atoms with van der Waals surface area (Å²) in [6.07, 6.45) is 74.1. The molecule has 362 valence electrons. The summed E-state index contributed by atoms with van der Waals surface area (Å²) in [4.78, 5) is 38.0. The molecule has 0 N–H and O–H groups in total. The summed E-state index contributed by atoms with van der Waals surface area (Å²) in [7, 11) is 0. The lowest BCUT2D eigenvalue weighted by molar-refractivity contribution is -0.167. The van der Waals surface area contributed by atoms with Crippen molar-refractivity contribution in [3.8, 4) is 0 Å². The molecule has 0 saturated carbocycles. The smallest absolute Gasteiger partial charge is 0.306 e. The minimum atomic E-state index is -0.832. The van der Waals surface area contributed by atoms with Crippen LogP contribution in [0.25, 0.3) is 0 Å². The van der Waals surface area contributed by atoms with Gasteiger partial charge in [-0.05, 0) is 135 Å². The predicted molar refractivity (Wildman–Crippen MR) is 279 cm³/mol. The Kier molecular flexibility index (Phi) is 48.2. The molecule has 0 aliphatic heterocycles. The molecule has 0 aromatic carbocycles. The van der Waals surface area contributed by atoms with Crippen molar-refractivity contribution in [1.82, 2.24) is 0 Å². The SMILES string of the molecule is CC/C=C\C/C=C\C/C=C\C/C=C\C/C=C\CCCCCC(=O)OCC(COC(=O)CCCCC/C=C\C/C=C\C/C=C\CC)OC(=O)CCCC/C=C\C/C=C\C/C=C\C/C=C\CC. The molecule has 6 nitrogen and oxygen atoms in total. The molecule has 0 heterocycles. The maximum Gasteiger partial charge on any atom is 0.306 e. The van der Waals surface area contributed by atoms with Crippen LogP contribution in [0, 0.1) is 0 Å². The number of hydrogen-bond acceptors (Lipinski definition) is 6. The molecular weight excluding hydrogens is 805 g/mol. The Bertz CT molecular complexity index is 1490. The topological polar surface area (TPSA) is 78.9 Å². The van der Waals surface area contributed by atoms with Gasteiger partial charge in [-0.15, -0.1) is 0 Å². The third kappa shape index (κ3) is 50.2. The number of hydrogen-bond donors (Lipinski definition) is 0. The molecule has 6 heteroatoms. The van der Waals surface area contributed by atoms with E-state index in [0.717, 1.165) is 141 Å². The summed E-state index contributed by atoms with van der Waals surface area (Å²) in [6, 6.07) is 0. The highest BCUT2D eigenvalue weighted by Crippen LogP contribution is 2.11. The fraction of sp³-hybridized carbons (Fsp3) is 0.542. The molecule has 0 amide bonds. The fourth-order valence-electron chi connectivity index (χ4n) is 6.12. The lowest BCUT2D eigenvalue weighted by Crippen LogP contribution is -2.30. The minimum Gasteiger partial charge on any atom is -0.462 e. The number of ether oxygens (including phenoxy) is 3. The van der Waals surface area contributed by atoms with Gasteiger partial charge in [0.2, 0.25) is 0 Å². The lowest BCUT2D eigenvalue weighted by atomic mass is 10.1. The van der Waals surface area contributed by atoms with Gasteiger partial charge in [0.05, 0.1) is 0 Å². The summed E-state index contributed by atoms with van der Waals surface area (Å²) < 4.78 is 16.7. The van der Waals surface area contributed by atoms with Crippen LogP contribution < -0.4 is 0 Å². The first-order valence-corrected chi connectivity index (χ1v) is 25.3. The highest BCUT2D eigenvalue weighted by molar-refractivity contribution is 5.71. The molecule has 0 aliphatic rings. The predicted octanol–water partition coefficient (Wildman–Crippen LogP) is 16.9. The Balaban J connectivity index is 4.58. The van der Waals surface area contributed by atoms with E-state index in [1.807, 2.05) is 0 Å². The van der Waals surface area contributed by atoms with Gasteiger partial charge in [-0.25, -0.2) is 0 Å². The Hall–Kier alpha value is -4.71. The van der Waals surface area contributed by atoms with Gasteiger partial charge in [0, 0.05) is 19.3 Å². The van der Waals surface area contributed by atoms with E-state index in [-0.39, 0.29) is 37.5 Å². The fourth-order valence-corrected chi connectivity index (χ4v) is 6.12. The van der Waals surface area contributed by atoms with Crippen molar-refractivity contribution in [3.63, 3.8) is 0 Å². The van der Waals surface area contributed by atoms with Gasteiger partial charge in [0.1, 0.15) is 13.2 Å². The Morgan fingerprint density at radius 2 is 0.554 bits per heavy atom. The molecule has 0 rings (SSSR count). The van der Waals surface area contributed by atoms with Gasteiger partial charge in [-0.2, -0.15) is 0 Å². The second-order valence-corrected chi connectivity index (χ2v) is 15.9. The van der Waals surface area contributed by atoms with E-state index < -0.39 is 6.10 Å². The second kappa shape index (κ2) is 51.9. The maximum absolute atomic E-state index is 12.8. The lowest BCUT2D eigenvalue weighted by Gasteiger charge is -2.18. The van der Waals surface area contributed by atoms with E-state index in [2.05, 4.69) is 167 Å². The van der Waals surface area contributed by atoms with Gasteiger partial charge in [0.25, 0.3) is 0 Å². The van der Waals surface area contributed by atoms with Gasteiger partial charge in [-0.1, -0.05) is 179 Å². The first-order chi connectivity index (χ1) is 32.0. The van der Waals surface area contributed by atoms with Gasteiger partial charge >= 0.3 is 17.9 Å². The molecule has 0 bridgehead atoms. The van der Waals surface area contributed by atoms with Gasteiger partial charge in [0.15, 0.2) is 6.10 Å². The first-order valence-electron chi connectivity index (χ1n) is 25.3. The molecule has 0 aliphatic carbocycles. The second-order valence-electron chi connectivity index (χ2n) is 15.9. The van der Waals surface area contributed by atoms with Crippen molar-refractivity contribution in [3.05, 3.63) is 146 Å². The number of esters is 3. The van der Waals surface area contributed by atoms with E-state index in [1.54, 1.807) is 0 Å². The van der Waals surface area contributed by atoms with Crippen LogP contribution in [-0.4, -0.2) is 37.2 Å². The zero-order chi connectivity index (χ0) is 47.2. The number of allylic oxidation sites excluding steroid dienone is 24. The zero-order valence-electron chi connectivity index (χ0n) is 41.2. The number of carbonyl (C=O) groups is 3. The van der Waals surface area contributed by atoms with Crippen molar-refractivity contribution in [2.24, 2.45) is 0 Å². The van der Waals surface area contributed by atoms with E-state index in [4.69, 9.17) is 14.2 Å². The largest absolute Gasteiger partial charge is 0.462 e. The summed E-state index contributed by atoms with van der Waals surface area (Å²) in [5.74, 6) is -1.04. The molecule has 0 fully saturated rings. The van der Waals surface area contributed by atoms with E-state index in [0.29, 0.717) is 19.3 Å². The summed E-state index contributed by atoms with van der Waals surface area (Å²) in [6.45, 7) is 6.17.